The third kappa shape index (κ3) is 3.62. The SMILES string of the molecule is CCCC(c1ccccc1)N1CC[C@H]1[C@@H](C)c1cccc(Cl)c1. The van der Waals surface area contributed by atoms with Crippen LogP contribution in [0, 0.1) is 0 Å². The Bertz CT molecular complexity index is 625. The maximum Gasteiger partial charge on any atom is 0.0408 e. The van der Waals surface area contributed by atoms with Gasteiger partial charge in [0.25, 0.3) is 0 Å². The van der Waals surface area contributed by atoms with Crippen LogP contribution in [0.4, 0.5) is 0 Å². The van der Waals surface area contributed by atoms with Crippen molar-refractivity contribution in [2.24, 2.45) is 0 Å². The van der Waals surface area contributed by atoms with Crippen molar-refractivity contribution in [1.29, 1.82) is 0 Å². The van der Waals surface area contributed by atoms with Crippen LogP contribution in [0.3, 0.4) is 0 Å². The summed E-state index contributed by atoms with van der Waals surface area (Å²) in [7, 11) is 0. The first-order valence-electron chi connectivity index (χ1n) is 8.77. The van der Waals surface area contributed by atoms with Crippen molar-refractivity contribution in [2.45, 2.75) is 51.1 Å². The molecule has 3 rings (SSSR count). The highest BCUT2D eigenvalue weighted by Gasteiger charge is 2.37. The van der Waals surface area contributed by atoms with Crippen LogP contribution in [0.1, 0.15) is 56.2 Å². The molecule has 23 heavy (non-hydrogen) atoms. The van der Waals surface area contributed by atoms with Gasteiger partial charge in [0.05, 0.1) is 0 Å². The first-order valence-corrected chi connectivity index (χ1v) is 9.14. The average molecular weight is 328 g/mol. The minimum absolute atomic E-state index is 0.519. The van der Waals surface area contributed by atoms with Crippen LogP contribution < -0.4 is 0 Å². The quantitative estimate of drug-likeness (QED) is 0.623. The predicted octanol–water partition coefficient (Wildman–Crippen LogP) is 6.06. The van der Waals surface area contributed by atoms with Crippen LogP contribution in [0.25, 0.3) is 0 Å². The Morgan fingerprint density at radius 2 is 1.83 bits per heavy atom. The van der Waals surface area contributed by atoms with Crippen molar-refractivity contribution in [1.82, 2.24) is 4.90 Å². The second-order valence-corrected chi connectivity index (χ2v) is 7.09. The first-order chi connectivity index (χ1) is 11.2. The molecule has 0 aliphatic carbocycles. The summed E-state index contributed by atoms with van der Waals surface area (Å²) in [5.74, 6) is 0.519. The summed E-state index contributed by atoms with van der Waals surface area (Å²) in [5.41, 5.74) is 2.81. The van der Waals surface area contributed by atoms with Crippen molar-refractivity contribution in [3.05, 3.63) is 70.7 Å². The molecule has 0 radical (unpaired) electrons. The lowest BCUT2D eigenvalue weighted by Crippen LogP contribution is -2.52. The molecule has 0 N–H and O–H groups in total. The van der Waals surface area contributed by atoms with E-state index >= 15 is 0 Å². The number of nitrogens with zero attached hydrogens (tertiary/aromatic N) is 1. The summed E-state index contributed by atoms with van der Waals surface area (Å²) >= 11 is 6.19. The highest BCUT2D eigenvalue weighted by molar-refractivity contribution is 6.30. The van der Waals surface area contributed by atoms with E-state index in [-0.39, 0.29) is 0 Å². The molecule has 2 aromatic rings. The lowest BCUT2D eigenvalue weighted by Gasteiger charge is -2.49. The summed E-state index contributed by atoms with van der Waals surface area (Å²) in [6.45, 7) is 5.83. The van der Waals surface area contributed by atoms with Gasteiger partial charge in [-0.15, -0.1) is 0 Å². The van der Waals surface area contributed by atoms with Crippen LogP contribution >= 0.6 is 11.6 Å². The zero-order chi connectivity index (χ0) is 16.2. The molecule has 0 aromatic heterocycles. The Labute approximate surface area is 145 Å². The Kier molecular flexibility index (Phi) is 5.40. The van der Waals surface area contributed by atoms with E-state index in [0.717, 1.165) is 5.02 Å². The number of hydrogen-bond donors (Lipinski definition) is 0. The fourth-order valence-electron chi connectivity index (χ4n) is 3.84. The van der Waals surface area contributed by atoms with E-state index in [2.05, 4.69) is 67.3 Å². The highest BCUT2D eigenvalue weighted by atomic mass is 35.5. The van der Waals surface area contributed by atoms with E-state index in [1.165, 1.54) is 36.9 Å². The molecule has 1 heterocycles. The third-order valence-corrected chi connectivity index (χ3v) is 5.44. The fraction of sp³-hybridized carbons (Fsp3) is 0.429. The average Bonchev–Trinajstić information content (AvgIpc) is 2.54. The van der Waals surface area contributed by atoms with Crippen LogP contribution in [0.2, 0.25) is 5.02 Å². The van der Waals surface area contributed by atoms with Gasteiger partial charge < -0.3 is 0 Å². The topological polar surface area (TPSA) is 3.24 Å². The molecule has 2 heteroatoms. The minimum atomic E-state index is 0.519. The molecule has 0 bridgehead atoms. The maximum atomic E-state index is 6.19. The third-order valence-electron chi connectivity index (χ3n) is 5.21. The largest absolute Gasteiger partial charge is 0.293 e. The summed E-state index contributed by atoms with van der Waals surface area (Å²) in [6.07, 6.45) is 3.72. The second kappa shape index (κ2) is 7.51. The van der Waals surface area contributed by atoms with Gasteiger partial charge in [-0.05, 0) is 42.0 Å². The molecule has 0 amide bonds. The van der Waals surface area contributed by atoms with E-state index < -0.39 is 0 Å². The van der Waals surface area contributed by atoms with Gasteiger partial charge >= 0.3 is 0 Å². The number of benzene rings is 2. The standard InChI is InChI=1S/C21H26ClN/c1-3-8-21(17-9-5-4-6-10-17)23-14-13-20(23)16(2)18-11-7-12-19(22)15-18/h4-7,9-12,15-16,20-21H,3,8,13-14H2,1-2H3/t16-,20-,21?/m0/s1. The molecule has 1 aliphatic heterocycles. The molecular formula is C21H26ClN. The monoisotopic (exact) mass is 327 g/mol. The summed E-state index contributed by atoms with van der Waals surface area (Å²) in [6, 6.07) is 20.5. The molecule has 1 aliphatic rings. The van der Waals surface area contributed by atoms with E-state index in [1.807, 2.05) is 6.07 Å². The molecule has 1 fully saturated rings. The zero-order valence-corrected chi connectivity index (χ0v) is 14.8. The molecule has 1 saturated heterocycles. The lowest BCUT2D eigenvalue weighted by atomic mass is 9.82. The van der Waals surface area contributed by atoms with Gasteiger partial charge in [-0.1, -0.05) is 74.3 Å². The van der Waals surface area contributed by atoms with Crippen molar-refractivity contribution >= 4 is 11.6 Å². The minimum Gasteiger partial charge on any atom is -0.293 e. The van der Waals surface area contributed by atoms with Gasteiger partial charge in [0, 0.05) is 23.7 Å². The molecule has 0 spiro atoms. The van der Waals surface area contributed by atoms with Crippen LogP contribution in [0.15, 0.2) is 54.6 Å². The van der Waals surface area contributed by atoms with E-state index in [9.17, 15) is 0 Å². The van der Waals surface area contributed by atoms with E-state index in [0.29, 0.717) is 18.0 Å². The molecule has 3 atom stereocenters. The number of rotatable bonds is 6. The van der Waals surface area contributed by atoms with Gasteiger partial charge in [-0.3, -0.25) is 4.90 Å². The van der Waals surface area contributed by atoms with E-state index in [4.69, 9.17) is 11.6 Å². The fourth-order valence-corrected chi connectivity index (χ4v) is 4.03. The molecule has 1 nitrogen and oxygen atoms in total. The Hall–Kier alpha value is -1.31. The lowest BCUT2D eigenvalue weighted by molar-refractivity contribution is 0.0218. The molecule has 2 aromatic carbocycles. The smallest absolute Gasteiger partial charge is 0.0408 e. The van der Waals surface area contributed by atoms with Crippen LogP contribution in [-0.4, -0.2) is 17.5 Å². The maximum absolute atomic E-state index is 6.19. The summed E-state index contributed by atoms with van der Waals surface area (Å²) in [4.78, 5) is 2.70. The molecule has 122 valence electrons. The Balaban J connectivity index is 1.79. The first kappa shape index (κ1) is 16.5. The van der Waals surface area contributed by atoms with Gasteiger partial charge in [-0.25, -0.2) is 0 Å². The van der Waals surface area contributed by atoms with Crippen LogP contribution in [-0.2, 0) is 0 Å². The van der Waals surface area contributed by atoms with E-state index in [1.54, 1.807) is 0 Å². The van der Waals surface area contributed by atoms with Crippen molar-refractivity contribution < 1.29 is 0 Å². The van der Waals surface area contributed by atoms with Gasteiger partial charge in [-0.2, -0.15) is 0 Å². The Morgan fingerprint density at radius 1 is 1.09 bits per heavy atom. The summed E-state index contributed by atoms with van der Waals surface area (Å²) in [5, 5.41) is 0.841. The molecule has 0 saturated carbocycles. The van der Waals surface area contributed by atoms with Crippen molar-refractivity contribution in [3.63, 3.8) is 0 Å². The predicted molar refractivity (Wildman–Crippen MR) is 99.1 cm³/mol. The number of likely N-dealkylation sites (tertiary alicyclic amines) is 1. The van der Waals surface area contributed by atoms with Crippen molar-refractivity contribution in [3.8, 4) is 0 Å². The molecule has 1 unspecified atom stereocenters. The summed E-state index contributed by atoms with van der Waals surface area (Å²) < 4.78 is 0. The molecular weight excluding hydrogens is 302 g/mol. The number of halogens is 1. The Morgan fingerprint density at radius 3 is 2.43 bits per heavy atom. The van der Waals surface area contributed by atoms with Crippen LogP contribution in [0.5, 0.6) is 0 Å². The van der Waals surface area contributed by atoms with Crippen molar-refractivity contribution in [2.75, 3.05) is 6.54 Å². The van der Waals surface area contributed by atoms with Gasteiger partial charge in [0.1, 0.15) is 0 Å². The second-order valence-electron chi connectivity index (χ2n) is 6.65. The zero-order valence-electron chi connectivity index (χ0n) is 14.1. The normalized spacial score (nSPS) is 20.7. The van der Waals surface area contributed by atoms with Gasteiger partial charge in [0.2, 0.25) is 0 Å². The highest BCUT2D eigenvalue weighted by Crippen LogP contribution is 2.40. The van der Waals surface area contributed by atoms with Gasteiger partial charge in [0.15, 0.2) is 0 Å². The number of hydrogen-bond acceptors (Lipinski definition) is 1.